The van der Waals surface area contributed by atoms with Crippen LogP contribution in [0.2, 0.25) is 0 Å². The van der Waals surface area contributed by atoms with E-state index in [9.17, 15) is 5.11 Å². The molecule has 5 heteroatoms. The van der Waals surface area contributed by atoms with Gasteiger partial charge in [0, 0.05) is 55.0 Å². The predicted molar refractivity (Wildman–Crippen MR) is 104 cm³/mol. The van der Waals surface area contributed by atoms with Crippen molar-refractivity contribution in [3.8, 4) is 11.5 Å². The number of ether oxygens (including phenoxy) is 2. The summed E-state index contributed by atoms with van der Waals surface area (Å²) in [5.41, 5.74) is 1.33. The van der Waals surface area contributed by atoms with Crippen molar-refractivity contribution >= 4 is 0 Å². The standard InChI is InChI=1S/C22H28N2O3/c1-26-20-10-3-6-16(21(20)27-2)13-24-14-18-7-4-8-19(15-24)22(18,25)17-9-5-11-23-12-17/h3,5-6,9-12,18-19,25H,4,7-8,13-15H2,1-2H3/t18-,19-/m0/s1. The Kier molecular flexibility index (Phi) is 5.06. The van der Waals surface area contributed by atoms with E-state index in [0.717, 1.165) is 55.1 Å². The zero-order chi connectivity index (χ0) is 18.9. The molecular weight excluding hydrogens is 340 g/mol. The molecule has 2 heterocycles. The molecule has 5 nitrogen and oxygen atoms in total. The number of fused-ring (bicyclic) bond motifs is 2. The van der Waals surface area contributed by atoms with Gasteiger partial charge < -0.3 is 14.6 Å². The first kappa shape index (κ1) is 18.3. The van der Waals surface area contributed by atoms with Gasteiger partial charge in [-0.15, -0.1) is 0 Å². The largest absolute Gasteiger partial charge is 0.493 e. The third kappa shape index (κ3) is 3.19. The lowest BCUT2D eigenvalue weighted by Crippen LogP contribution is -2.57. The van der Waals surface area contributed by atoms with Crippen molar-refractivity contribution in [2.24, 2.45) is 11.8 Å². The zero-order valence-electron chi connectivity index (χ0n) is 16.1. The molecule has 2 aliphatic rings. The van der Waals surface area contributed by atoms with E-state index in [1.807, 2.05) is 30.5 Å². The minimum absolute atomic E-state index is 0.228. The molecule has 2 bridgehead atoms. The van der Waals surface area contributed by atoms with Crippen molar-refractivity contribution in [3.63, 3.8) is 0 Å². The lowest BCUT2D eigenvalue weighted by Gasteiger charge is -2.53. The number of likely N-dealkylation sites (tertiary alicyclic amines) is 1. The Morgan fingerprint density at radius 2 is 1.89 bits per heavy atom. The maximum atomic E-state index is 11.7. The molecular formula is C22H28N2O3. The molecule has 1 aromatic carbocycles. The quantitative estimate of drug-likeness (QED) is 0.878. The molecule has 1 aromatic heterocycles. The number of nitrogens with zero attached hydrogens (tertiary/aromatic N) is 2. The molecule has 1 aliphatic heterocycles. The molecule has 27 heavy (non-hydrogen) atoms. The van der Waals surface area contributed by atoms with E-state index in [1.54, 1.807) is 20.4 Å². The lowest BCUT2D eigenvalue weighted by molar-refractivity contribution is -0.148. The molecule has 144 valence electrons. The molecule has 1 aliphatic carbocycles. The monoisotopic (exact) mass is 368 g/mol. The number of benzene rings is 1. The van der Waals surface area contributed by atoms with E-state index in [1.165, 1.54) is 6.42 Å². The minimum atomic E-state index is -0.762. The molecule has 0 unspecified atom stereocenters. The van der Waals surface area contributed by atoms with Crippen LogP contribution in [-0.2, 0) is 12.1 Å². The first-order chi connectivity index (χ1) is 13.2. The van der Waals surface area contributed by atoms with Gasteiger partial charge in [0.2, 0.25) is 0 Å². The van der Waals surface area contributed by atoms with Crippen LogP contribution in [0.1, 0.15) is 30.4 Å². The SMILES string of the molecule is COc1cccc(CN2C[C@@H]3CCC[C@@H](C2)C3(O)c2cccnc2)c1OC. The summed E-state index contributed by atoms with van der Waals surface area (Å²) in [6.07, 6.45) is 6.90. The Balaban J connectivity index is 1.58. The third-order valence-corrected chi connectivity index (χ3v) is 6.31. The van der Waals surface area contributed by atoms with Gasteiger partial charge in [0.25, 0.3) is 0 Å². The number of piperidine rings is 1. The molecule has 0 radical (unpaired) electrons. The second-order valence-electron chi connectivity index (χ2n) is 7.74. The van der Waals surface area contributed by atoms with E-state index in [-0.39, 0.29) is 11.8 Å². The van der Waals surface area contributed by atoms with Crippen molar-refractivity contribution in [1.29, 1.82) is 0 Å². The van der Waals surface area contributed by atoms with Crippen LogP contribution >= 0.6 is 0 Å². The number of rotatable bonds is 5. The summed E-state index contributed by atoms with van der Waals surface area (Å²) < 4.78 is 11.0. The van der Waals surface area contributed by atoms with Crippen LogP contribution in [-0.4, -0.2) is 42.3 Å². The summed E-state index contributed by atoms with van der Waals surface area (Å²) in [5.74, 6) is 2.02. The molecule has 0 spiro atoms. The molecule has 4 rings (SSSR count). The predicted octanol–water partition coefficient (Wildman–Crippen LogP) is 3.22. The topological polar surface area (TPSA) is 54.8 Å². The van der Waals surface area contributed by atoms with E-state index in [2.05, 4.69) is 16.0 Å². The summed E-state index contributed by atoms with van der Waals surface area (Å²) in [7, 11) is 3.36. The fourth-order valence-corrected chi connectivity index (χ4v) is 5.06. The Morgan fingerprint density at radius 1 is 1.11 bits per heavy atom. The van der Waals surface area contributed by atoms with Gasteiger partial charge in [-0.3, -0.25) is 9.88 Å². The molecule has 2 fully saturated rings. The maximum Gasteiger partial charge on any atom is 0.165 e. The van der Waals surface area contributed by atoms with Crippen molar-refractivity contribution < 1.29 is 14.6 Å². The Morgan fingerprint density at radius 3 is 2.52 bits per heavy atom. The average Bonchev–Trinajstić information content (AvgIpc) is 2.69. The first-order valence-electron chi connectivity index (χ1n) is 9.72. The van der Waals surface area contributed by atoms with Gasteiger partial charge >= 0.3 is 0 Å². The number of pyridine rings is 1. The van der Waals surface area contributed by atoms with Crippen molar-refractivity contribution in [3.05, 3.63) is 53.9 Å². The Bertz CT molecular complexity index is 766. The highest BCUT2D eigenvalue weighted by Gasteiger charge is 2.51. The van der Waals surface area contributed by atoms with Crippen LogP contribution in [0.15, 0.2) is 42.7 Å². The van der Waals surface area contributed by atoms with Crippen molar-refractivity contribution in [2.75, 3.05) is 27.3 Å². The molecule has 0 amide bonds. The first-order valence-corrected chi connectivity index (χ1v) is 9.72. The lowest BCUT2D eigenvalue weighted by atomic mass is 9.63. The third-order valence-electron chi connectivity index (χ3n) is 6.31. The summed E-state index contributed by atoms with van der Waals surface area (Å²) in [4.78, 5) is 6.71. The summed E-state index contributed by atoms with van der Waals surface area (Å²) in [5, 5.41) is 11.7. The van der Waals surface area contributed by atoms with Gasteiger partial charge in [0.05, 0.1) is 19.8 Å². The molecule has 2 aromatic rings. The second kappa shape index (κ2) is 7.49. The summed E-state index contributed by atoms with van der Waals surface area (Å²) in [6.45, 7) is 2.56. The molecule has 2 atom stereocenters. The fraction of sp³-hybridized carbons (Fsp3) is 0.500. The van der Waals surface area contributed by atoms with Crippen LogP contribution in [0.4, 0.5) is 0 Å². The van der Waals surface area contributed by atoms with Crippen molar-refractivity contribution in [1.82, 2.24) is 9.88 Å². The van der Waals surface area contributed by atoms with Crippen LogP contribution in [0.3, 0.4) is 0 Å². The number of hydrogen-bond donors (Lipinski definition) is 1. The van der Waals surface area contributed by atoms with Gasteiger partial charge in [-0.25, -0.2) is 0 Å². The van der Waals surface area contributed by atoms with Crippen LogP contribution in [0, 0.1) is 11.8 Å². The molecule has 1 saturated carbocycles. The number of aromatic nitrogens is 1. The van der Waals surface area contributed by atoms with Crippen molar-refractivity contribution in [2.45, 2.75) is 31.4 Å². The van der Waals surface area contributed by atoms with Gasteiger partial charge in [0.15, 0.2) is 11.5 Å². The van der Waals surface area contributed by atoms with Crippen LogP contribution in [0.25, 0.3) is 0 Å². The second-order valence-corrected chi connectivity index (χ2v) is 7.74. The van der Waals surface area contributed by atoms with Crippen LogP contribution in [0.5, 0.6) is 11.5 Å². The maximum absolute atomic E-state index is 11.7. The number of hydrogen-bond acceptors (Lipinski definition) is 5. The number of methoxy groups -OCH3 is 2. The highest BCUT2D eigenvalue weighted by molar-refractivity contribution is 5.46. The fourth-order valence-electron chi connectivity index (χ4n) is 5.06. The average molecular weight is 368 g/mol. The Hall–Kier alpha value is -2.11. The van der Waals surface area contributed by atoms with E-state index in [0.29, 0.717) is 0 Å². The van der Waals surface area contributed by atoms with Gasteiger partial charge in [0.1, 0.15) is 0 Å². The number of aliphatic hydroxyl groups is 1. The highest BCUT2D eigenvalue weighted by Crippen LogP contribution is 2.49. The Labute approximate surface area is 160 Å². The van der Waals surface area contributed by atoms with E-state index >= 15 is 0 Å². The van der Waals surface area contributed by atoms with Gasteiger partial charge in [-0.2, -0.15) is 0 Å². The van der Waals surface area contributed by atoms with Crippen LogP contribution < -0.4 is 9.47 Å². The van der Waals surface area contributed by atoms with E-state index < -0.39 is 5.60 Å². The molecule has 1 N–H and O–H groups in total. The zero-order valence-corrected chi connectivity index (χ0v) is 16.1. The minimum Gasteiger partial charge on any atom is -0.493 e. The smallest absolute Gasteiger partial charge is 0.165 e. The van der Waals surface area contributed by atoms with E-state index in [4.69, 9.17) is 9.47 Å². The molecule has 1 saturated heterocycles. The highest BCUT2D eigenvalue weighted by atomic mass is 16.5. The van der Waals surface area contributed by atoms with Gasteiger partial charge in [-0.05, 0) is 25.0 Å². The summed E-state index contributed by atoms with van der Waals surface area (Å²) in [6, 6.07) is 9.98. The van der Waals surface area contributed by atoms with Gasteiger partial charge in [-0.1, -0.05) is 24.6 Å². The summed E-state index contributed by atoms with van der Waals surface area (Å²) >= 11 is 0. The number of para-hydroxylation sites is 1. The normalized spacial score (nSPS) is 28.0.